The second kappa shape index (κ2) is 6.26. The highest BCUT2D eigenvalue weighted by Crippen LogP contribution is 2.15. The number of nitrogen functional groups attached to an aromatic ring is 1. The van der Waals surface area contributed by atoms with E-state index >= 15 is 0 Å². The van der Waals surface area contributed by atoms with Crippen molar-refractivity contribution in [1.82, 2.24) is 10.3 Å². The number of hydrogen-bond donors (Lipinski definition) is 3. The summed E-state index contributed by atoms with van der Waals surface area (Å²) in [4.78, 5) is 15.6. The van der Waals surface area contributed by atoms with Crippen LogP contribution >= 0.6 is 23.4 Å². The normalized spacial score (nSPS) is 14.0. The zero-order valence-electron chi connectivity index (χ0n) is 10.2. The van der Waals surface area contributed by atoms with Gasteiger partial charge in [-0.2, -0.15) is 11.8 Å². The molecule has 0 saturated carbocycles. The third-order valence-corrected chi connectivity index (χ3v) is 3.35. The van der Waals surface area contributed by atoms with Crippen LogP contribution in [-0.4, -0.2) is 40.2 Å². The molecule has 1 aromatic rings. The number of thioether (sulfide) groups is 1. The van der Waals surface area contributed by atoms with Gasteiger partial charge in [-0.05, 0) is 19.2 Å². The first-order valence-electron chi connectivity index (χ1n) is 5.26. The molecule has 1 aromatic heterocycles. The van der Waals surface area contributed by atoms with Crippen molar-refractivity contribution >= 4 is 35.0 Å². The number of hydrogen-bond acceptors (Lipinski definition) is 5. The molecule has 0 radical (unpaired) electrons. The lowest BCUT2D eigenvalue weighted by atomic mass is 10.1. The molecule has 4 N–H and O–H groups in total. The van der Waals surface area contributed by atoms with Crippen LogP contribution in [0.5, 0.6) is 0 Å². The maximum atomic E-state index is 11.9. The fourth-order valence-electron chi connectivity index (χ4n) is 1.36. The molecule has 7 heteroatoms. The van der Waals surface area contributed by atoms with Gasteiger partial charge < -0.3 is 16.2 Å². The van der Waals surface area contributed by atoms with Gasteiger partial charge in [0.2, 0.25) is 0 Å². The quantitative estimate of drug-likeness (QED) is 0.708. The molecule has 0 aliphatic rings. The molecule has 0 aliphatic carbocycles. The molecule has 18 heavy (non-hydrogen) atoms. The average Bonchev–Trinajstić information content (AvgIpc) is 2.29. The van der Waals surface area contributed by atoms with E-state index in [1.807, 2.05) is 6.26 Å². The van der Waals surface area contributed by atoms with Gasteiger partial charge in [0, 0.05) is 12.3 Å². The number of anilines is 1. The van der Waals surface area contributed by atoms with Crippen LogP contribution in [-0.2, 0) is 0 Å². The number of aromatic nitrogens is 1. The molecule has 0 spiro atoms. The predicted molar refractivity (Wildman–Crippen MR) is 75.0 cm³/mol. The summed E-state index contributed by atoms with van der Waals surface area (Å²) in [5.74, 6) is 0.151. The lowest BCUT2D eigenvalue weighted by Crippen LogP contribution is -2.42. The van der Waals surface area contributed by atoms with E-state index in [0.29, 0.717) is 5.75 Å². The number of nitrogens with two attached hydrogens (primary N) is 1. The number of nitrogens with zero attached hydrogens (tertiary/aromatic N) is 1. The van der Waals surface area contributed by atoms with Crippen molar-refractivity contribution in [2.45, 2.75) is 12.5 Å². The van der Waals surface area contributed by atoms with Crippen LogP contribution in [0.4, 0.5) is 5.69 Å². The zero-order valence-corrected chi connectivity index (χ0v) is 11.8. The Morgan fingerprint density at radius 2 is 2.39 bits per heavy atom. The molecular weight excluding hydrogens is 274 g/mol. The van der Waals surface area contributed by atoms with E-state index in [0.717, 1.165) is 0 Å². The minimum absolute atomic E-state index is 0.145. The van der Waals surface area contributed by atoms with Crippen molar-refractivity contribution < 1.29 is 9.90 Å². The Labute approximate surface area is 115 Å². The van der Waals surface area contributed by atoms with Crippen molar-refractivity contribution in [3.63, 3.8) is 0 Å². The molecule has 100 valence electrons. The van der Waals surface area contributed by atoms with Crippen molar-refractivity contribution in [3.8, 4) is 0 Å². The number of aliphatic hydroxyl groups is 1. The van der Waals surface area contributed by atoms with Gasteiger partial charge in [-0.25, -0.2) is 4.98 Å². The highest BCUT2D eigenvalue weighted by atomic mass is 35.5. The van der Waals surface area contributed by atoms with Crippen LogP contribution in [0.3, 0.4) is 0 Å². The summed E-state index contributed by atoms with van der Waals surface area (Å²) in [6.45, 7) is 1.80. The standard InChI is InChI=1S/C11H16ClN3O2S/c1-11(17,6-18-2)5-15-10(16)7-3-9(12)14-4-8(7)13/h3-4,17H,5-6,13H2,1-2H3,(H,15,16). The number of carbonyl (C=O) groups is 1. The Bertz CT molecular complexity index is 440. The maximum Gasteiger partial charge on any atom is 0.253 e. The summed E-state index contributed by atoms with van der Waals surface area (Å²) >= 11 is 7.21. The molecule has 1 heterocycles. The molecule has 5 nitrogen and oxygen atoms in total. The zero-order chi connectivity index (χ0) is 13.8. The number of pyridine rings is 1. The fraction of sp³-hybridized carbons (Fsp3) is 0.455. The van der Waals surface area contributed by atoms with E-state index in [-0.39, 0.29) is 28.9 Å². The first-order valence-corrected chi connectivity index (χ1v) is 7.03. The molecule has 1 atom stereocenters. The minimum atomic E-state index is -0.958. The summed E-state index contributed by atoms with van der Waals surface area (Å²) in [6.07, 6.45) is 3.22. The number of nitrogens with one attached hydrogen (secondary N) is 1. The van der Waals surface area contributed by atoms with Crippen LogP contribution in [0.25, 0.3) is 0 Å². The van der Waals surface area contributed by atoms with Gasteiger partial charge in [0.05, 0.1) is 23.0 Å². The van der Waals surface area contributed by atoms with Gasteiger partial charge in [-0.3, -0.25) is 4.79 Å². The smallest absolute Gasteiger partial charge is 0.253 e. The van der Waals surface area contributed by atoms with E-state index in [1.165, 1.54) is 24.0 Å². The highest BCUT2D eigenvalue weighted by Gasteiger charge is 2.21. The van der Waals surface area contributed by atoms with Gasteiger partial charge in [-0.1, -0.05) is 11.6 Å². The highest BCUT2D eigenvalue weighted by molar-refractivity contribution is 7.98. The topological polar surface area (TPSA) is 88.2 Å². The van der Waals surface area contributed by atoms with E-state index < -0.39 is 5.60 Å². The Morgan fingerprint density at radius 1 is 1.72 bits per heavy atom. The summed E-state index contributed by atoms with van der Waals surface area (Å²) in [6, 6.07) is 1.40. The first kappa shape index (κ1) is 15.1. The van der Waals surface area contributed by atoms with Crippen LogP contribution in [0.15, 0.2) is 12.3 Å². The Balaban J connectivity index is 2.69. The Hall–Kier alpha value is -0.980. The molecule has 0 aromatic carbocycles. The van der Waals surface area contributed by atoms with Crippen LogP contribution in [0, 0.1) is 0 Å². The monoisotopic (exact) mass is 289 g/mol. The minimum Gasteiger partial charge on any atom is -0.397 e. The Kier molecular flexibility index (Phi) is 5.25. The third-order valence-electron chi connectivity index (χ3n) is 2.23. The SMILES string of the molecule is CSCC(C)(O)CNC(=O)c1cc(Cl)ncc1N. The molecule has 0 bridgehead atoms. The van der Waals surface area contributed by atoms with E-state index in [4.69, 9.17) is 17.3 Å². The predicted octanol–water partition coefficient (Wildman–Crippen LogP) is 1.16. The Morgan fingerprint density at radius 3 is 3.00 bits per heavy atom. The second-order valence-corrected chi connectivity index (χ2v) is 5.46. The second-order valence-electron chi connectivity index (χ2n) is 4.21. The molecule has 0 aliphatic heterocycles. The summed E-state index contributed by atoms with van der Waals surface area (Å²) in [7, 11) is 0. The van der Waals surface area contributed by atoms with Crippen LogP contribution in [0.1, 0.15) is 17.3 Å². The van der Waals surface area contributed by atoms with Gasteiger partial charge in [0.15, 0.2) is 0 Å². The molecule has 0 saturated heterocycles. The first-order chi connectivity index (χ1) is 8.35. The van der Waals surface area contributed by atoms with Crippen molar-refractivity contribution in [2.24, 2.45) is 0 Å². The molecule has 1 rings (SSSR count). The third kappa shape index (κ3) is 4.36. The van der Waals surface area contributed by atoms with Gasteiger partial charge in [-0.15, -0.1) is 0 Å². The number of rotatable bonds is 5. The summed E-state index contributed by atoms with van der Waals surface area (Å²) < 4.78 is 0. The maximum absolute atomic E-state index is 11.9. The summed E-state index contributed by atoms with van der Waals surface area (Å²) in [5.41, 5.74) is 5.19. The number of carbonyl (C=O) groups excluding carboxylic acids is 1. The van der Waals surface area contributed by atoms with Gasteiger partial charge >= 0.3 is 0 Å². The van der Waals surface area contributed by atoms with Crippen LogP contribution in [0.2, 0.25) is 5.15 Å². The van der Waals surface area contributed by atoms with Crippen molar-refractivity contribution in [1.29, 1.82) is 0 Å². The summed E-state index contributed by atoms with van der Waals surface area (Å²) in [5, 5.41) is 12.8. The molecular formula is C11H16ClN3O2S. The lowest BCUT2D eigenvalue weighted by molar-refractivity contribution is 0.0725. The average molecular weight is 290 g/mol. The van der Waals surface area contributed by atoms with Gasteiger partial charge in [0.1, 0.15) is 5.15 Å². The van der Waals surface area contributed by atoms with E-state index in [9.17, 15) is 9.90 Å². The van der Waals surface area contributed by atoms with E-state index in [2.05, 4.69) is 10.3 Å². The fourth-order valence-corrected chi connectivity index (χ4v) is 2.25. The van der Waals surface area contributed by atoms with Crippen molar-refractivity contribution in [2.75, 3.05) is 24.3 Å². The molecule has 1 amide bonds. The van der Waals surface area contributed by atoms with Gasteiger partial charge in [0.25, 0.3) is 5.91 Å². The number of amides is 1. The molecule has 0 fully saturated rings. The number of halogens is 1. The molecule has 1 unspecified atom stereocenters. The largest absolute Gasteiger partial charge is 0.397 e. The van der Waals surface area contributed by atoms with Crippen LogP contribution < -0.4 is 11.1 Å². The van der Waals surface area contributed by atoms with E-state index in [1.54, 1.807) is 6.92 Å². The lowest BCUT2D eigenvalue weighted by Gasteiger charge is -2.22. The van der Waals surface area contributed by atoms with Crippen molar-refractivity contribution in [3.05, 3.63) is 23.0 Å².